The van der Waals surface area contributed by atoms with Gasteiger partial charge in [-0.3, -0.25) is 9.69 Å². The van der Waals surface area contributed by atoms with Gasteiger partial charge in [-0.05, 0) is 37.3 Å². The number of thioether (sulfide) groups is 1. The van der Waals surface area contributed by atoms with Crippen molar-refractivity contribution in [3.63, 3.8) is 0 Å². The van der Waals surface area contributed by atoms with Crippen LogP contribution in [-0.4, -0.2) is 10.2 Å². The molecule has 1 fully saturated rings. The number of carbonyl (C=O) groups excluding carboxylic acids is 1. The molecule has 0 aliphatic carbocycles. The zero-order chi connectivity index (χ0) is 15.0. The number of anilines is 1. The van der Waals surface area contributed by atoms with E-state index in [1.165, 1.54) is 16.7 Å². The van der Waals surface area contributed by atoms with Gasteiger partial charge in [0.15, 0.2) is 4.32 Å². The lowest BCUT2D eigenvalue weighted by molar-refractivity contribution is -0.113. The monoisotopic (exact) mass is 335 g/mol. The number of thiocarbonyl (C=S) groups is 1. The summed E-state index contributed by atoms with van der Waals surface area (Å²) in [5.41, 5.74) is 0.670. The minimum atomic E-state index is -0.165. The highest BCUT2D eigenvalue weighted by molar-refractivity contribution is 8.27. The number of benzene rings is 1. The van der Waals surface area contributed by atoms with E-state index in [0.29, 0.717) is 25.7 Å². The Hall–Kier alpha value is -1.56. The van der Waals surface area contributed by atoms with Gasteiger partial charge in [-0.2, -0.15) is 0 Å². The highest BCUT2D eigenvalue weighted by Gasteiger charge is 2.33. The third-order valence-corrected chi connectivity index (χ3v) is 4.43. The molecule has 1 saturated heterocycles. The Morgan fingerprint density at radius 3 is 2.81 bits per heavy atom. The predicted octanol–water partition coefficient (Wildman–Crippen LogP) is 4.65. The first kappa shape index (κ1) is 14.4. The minimum Gasteiger partial charge on any atom is -0.462 e. The van der Waals surface area contributed by atoms with Crippen LogP contribution in [0.5, 0.6) is 0 Å². The van der Waals surface area contributed by atoms with Crippen LogP contribution in [0.25, 0.3) is 6.08 Å². The second-order valence-electron chi connectivity index (χ2n) is 4.45. The number of carbonyl (C=O) groups is 1. The number of halogens is 1. The number of furan rings is 1. The van der Waals surface area contributed by atoms with Gasteiger partial charge in [0.2, 0.25) is 0 Å². The number of aryl methyl sites for hydroxylation is 1. The van der Waals surface area contributed by atoms with Gasteiger partial charge in [0.1, 0.15) is 11.5 Å². The van der Waals surface area contributed by atoms with Crippen LogP contribution in [-0.2, 0) is 4.79 Å². The van der Waals surface area contributed by atoms with E-state index in [1.807, 2.05) is 19.1 Å². The van der Waals surface area contributed by atoms with Crippen LogP contribution >= 0.6 is 35.6 Å². The fourth-order valence-corrected chi connectivity index (χ4v) is 3.43. The van der Waals surface area contributed by atoms with Crippen molar-refractivity contribution in [2.45, 2.75) is 6.92 Å². The van der Waals surface area contributed by atoms with Gasteiger partial charge in [-0.25, -0.2) is 0 Å². The second kappa shape index (κ2) is 5.67. The maximum absolute atomic E-state index is 12.5. The molecule has 0 bridgehead atoms. The molecule has 2 heterocycles. The second-order valence-corrected chi connectivity index (χ2v) is 6.56. The average molecular weight is 336 g/mol. The van der Waals surface area contributed by atoms with Gasteiger partial charge < -0.3 is 4.42 Å². The Labute approximate surface area is 136 Å². The van der Waals surface area contributed by atoms with Crippen molar-refractivity contribution < 1.29 is 9.21 Å². The summed E-state index contributed by atoms with van der Waals surface area (Å²) in [6, 6.07) is 10.7. The molecule has 1 aliphatic rings. The van der Waals surface area contributed by atoms with E-state index < -0.39 is 0 Å². The Bertz CT molecular complexity index is 767. The first-order valence-corrected chi connectivity index (χ1v) is 7.75. The van der Waals surface area contributed by atoms with Gasteiger partial charge >= 0.3 is 0 Å². The highest BCUT2D eigenvalue weighted by Crippen LogP contribution is 2.36. The minimum absolute atomic E-state index is 0.165. The summed E-state index contributed by atoms with van der Waals surface area (Å²) in [4.78, 5) is 14.5. The predicted molar refractivity (Wildman–Crippen MR) is 90.5 cm³/mol. The Morgan fingerprint density at radius 2 is 2.14 bits per heavy atom. The van der Waals surface area contributed by atoms with Crippen LogP contribution < -0.4 is 4.90 Å². The number of amides is 1. The summed E-state index contributed by atoms with van der Waals surface area (Å²) >= 11 is 12.5. The van der Waals surface area contributed by atoms with E-state index in [1.54, 1.807) is 30.3 Å². The molecular weight excluding hydrogens is 326 g/mol. The molecule has 3 rings (SSSR count). The third-order valence-electron chi connectivity index (χ3n) is 2.89. The summed E-state index contributed by atoms with van der Waals surface area (Å²) < 4.78 is 5.95. The molecule has 3 nitrogen and oxygen atoms in total. The van der Waals surface area contributed by atoms with E-state index in [2.05, 4.69) is 0 Å². The van der Waals surface area contributed by atoms with E-state index in [-0.39, 0.29) is 5.91 Å². The van der Waals surface area contributed by atoms with Gasteiger partial charge in [0.25, 0.3) is 5.91 Å². The van der Waals surface area contributed by atoms with Gasteiger partial charge in [-0.1, -0.05) is 41.6 Å². The number of hydrogen-bond donors (Lipinski definition) is 0. The van der Waals surface area contributed by atoms with E-state index in [0.717, 1.165) is 5.76 Å². The van der Waals surface area contributed by atoms with E-state index >= 15 is 0 Å². The Kier molecular flexibility index (Phi) is 3.89. The lowest BCUT2D eigenvalue weighted by Gasteiger charge is -2.14. The molecule has 106 valence electrons. The van der Waals surface area contributed by atoms with Crippen LogP contribution in [0.2, 0.25) is 5.02 Å². The van der Waals surface area contributed by atoms with Gasteiger partial charge in [0.05, 0.1) is 10.6 Å². The molecule has 1 amide bonds. The van der Waals surface area contributed by atoms with Gasteiger partial charge in [-0.15, -0.1) is 0 Å². The molecular formula is C15H10ClNO2S2. The lowest BCUT2D eigenvalue weighted by atomic mass is 10.3. The maximum Gasteiger partial charge on any atom is 0.270 e. The number of hydrogen-bond acceptors (Lipinski definition) is 4. The number of rotatable bonds is 2. The Balaban J connectivity index is 1.94. The van der Waals surface area contributed by atoms with E-state index in [4.69, 9.17) is 28.2 Å². The van der Waals surface area contributed by atoms with Gasteiger partial charge in [0, 0.05) is 11.1 Å². The molecule has 0 atom stereocenters. The summed E-state index contributed by atoms with van der Waals surface area (Å²) in [6.07, 6.45) is 1.71. The smallest absolute Gasteiger partial charge is 0.270 e. The van der Waals surface area contributed by atoms with Crippen molar-refractivity contribution in [1.82, 2.24) is 0 Å². The zero-order valence-electron chi connectivity index (χ0n) is 11.0. The molecule has 0 radical (unpaired) electrons. The largest absolute Gasteiger partial charge is 0.462 e. The quantitative estimate of drug-likeness (QED) is 0.591. The normalized spacial score (nSPS) is 17.0. The summed E-state index contributed by atoms with van der Waals surface area (Å²) in [5.74, 6) is 1.27. The van der Waals surface area contributed by atoms with Crippen molar-refractivity contribution in [2.24, 2.45) is 0 Å². The lowest BCUT2D eigenvalue weighted by Crippen LogP contribution is -2.27. The van der Waals surface area contributed by atoms with Crippen LogP contribution in [0.15, 0.2) is 45.7 Å². The van der Waals surface area contributed by atoms with Crippen molar-refractivity contribution in [2.75, 3.05) is 4.90 Å². The SMILES string of the molecule is Cc1ccc(/C=C2/SC(=S)N(c3cccc(Cl)c3)C2=O)o1. The van der Waals surface area contributed by atoms with Crippen LogP contribution in [0, 0.1) is 6.92 Å². The molecule has 6 heteroatoms. The third kappa shape index (κ3) is 2.90. The summed E-state index contributed by atoms with van der Waals surface area (Å²) in [7, 11) is 0. The molecule has 0 N–H and O–H groups in total. The van der Waals surface area contributed by atoms with Crippen molar-refractivity contribution in [3.8, 4) is 0 Å². The maximum atomic E-state index is 12.5. The van der Waals surface area contributed by atoms with Crippen molar-refractivity contribution in [1.29, 1.82) is 0 Å². The summed E-state index contributed by atoms with van der Waals surface area (Å²) in [6.45, 7) is 1.86. The highest BCUT2D eigenvalue weighted by atomic mass is 35.5. The molecule has 1 aromatic heterocycles. The van der Waals surface area contributed by atoms with Crippen LogP contribution in [0.4, 0.5) is 5.69 Å². The van der Waals surface area contributed by atoms with E-state index in [9.17, 15) is 4.79 Å². The first-order valence-electron chi connectivity index (χ1n) is 6.14. The average Bonchev–Trinajstić information content (AvgIpc) is 2.94. The fraction of sp³-hybridized carbons (Fsp3) is 0.0667. The standard InChI is InChI=1S/C15H10ClNO2S2/c1-9-5-6-12(19-9)8-13-14(18)17(15(20)21-13)11-4-2-3-10(16)7-11/h2-8H,1H3/b13-8+. The Morgan fingerprint density at radius 1 is 1.33 bits per heavy atom. The molecule has 0 saturated carbocycles. The molecule has 21 heavy (non-hydrogen) atoms. The zero-order valence-corrected chi connectivity index (χ0v) is 13.4. The summed E-state index contributed by atoms with van der Waals surface area (Å²) in [5, 5.41) is 0.562. The van der Waals surface area contributed by atoms with Crippen molar-refractivity contribution in [3.05, 3.63) is 57.8 Å². The fourth-order valence-electron chi connectivity index (χ4n) is 1.97. The van der Waals surface area contributed by atoms with Crippen molar-refractivity contribution >= 4 is 57.6 Å². The molecule has 0 spiro atoms. The molecule has 1 aromatic carbocycles. The van der Waals surface area contributed by atoms with Crippen LogP contribution in [0.3, 0.4) is 0 Å². The first-order chi connectivity index (χ1) is 10.0. The molecule has 2 aromatic rings. The molecule has 0 unspecified atom stereocenters. The van der Waals surface area contributed by atoms with Crippen LogP contribution in [0.1, 0.15) is 11.5 Å². The molecule has 1 aliphatic heterocycles. The number of nitrogens with zero attached hydrogens (tertiary/aromatic N) is 1. The topological polar surface area (TPSA) is 33.5 Å².